The van der Waals surface area contributed by atoms with Crippen LogP contribution in [0.4, 0.5) is 0 Å². The van der Waals surface area contributed by atoms with Crippen LogP contribution in [0.25, 0.3) is 11.1 Å². The highest BCUT2D eigenvalue weighted by atomic mass is 16.2. The van der Waals surface area contributed by atoms with Crippen LogP contribution in [0.1, 0.15) is 38.7 Å². The van der Waals surface area contributed by atoms with Gasteiger partial charge in [-0.2, -0.15) is 0 Å². The molecule has 1 fully saturated rings. The summed E-state index contributed by atoms with van der Waals surface area (Å²) in [6.45, 7) is 5.99. The maximum Gasteiger partial charge on any atom is 0.225 e. The van der Waals surface area contributed by atoms with Gasteiger partial charge in [0.2, 0.25) is 5.91 Å². The van der Waals surface area contributed by atoms with Crippen molar-refractivity contribution in [2.45, 2.75) is 39.5 Å². The summed E-state index contributed by atoms with van der Waals surface area (Å²) in [5, 5.41) is 0. The molecule has 0 aliphatic carbocycles. The zero-order chi connectivity index (χ0) is 17.6. The Morgan fingerprint density at radius 2 is 1.60 bits per heavy atom. The first-order valence-electron chi connectivity index (χ1n) is 9.60. The summed E-state index contributed by atoms with van der Waals surface area (Å²) in [5.41, 5.74) is 3.95. The Balaban J connectivity index is 1.53. The van der Waals surface area contributed by atoms with Crippen molar-refractivity contribution in [3.05, 3.63) is 60.2 Å². The lowest BCUT2D eigenvalue weighted by atomic mass is 9.89. The number of carbonyl (C=O) groups is 1. The molecular weight excluding hydrogens is 306 g/mol. The van der Waals surface area contributed by atoms with Crippen molar-refractivity contribution < 1.29 is 4.79 Å². The summed E-state index contributed by atoms with van der Waals surface area (Å²) in [5.74, 6) is 1.21. The third-order valence-corrected chi connectivity index (χ3v) is 5.55. The molecule has 3 rings (SSSR count). The number of nitrogens with zero attached hydrogens (tertiary/aromatic N) is 1. The molecule has 1 aliphatic heterocycles. The molecule has 2 aromatic carbocycles. The van der Waals surface area contributed by atoms with Crippen LogP contribution in [0.15, 0.2) is 54.6 Å². The number of likely N-dealkylation sites (tertiary alicyclic amines) is 1. The molecule has 2 nitrogen and oxygen atoms in total. The predicted molar refractivity (Wildman–Crippen MR) is 104 cm³/mol. The molecule has 0 aromatic heterocycles. The van der Waals surface area contributed by atoms with Crippen molar-refractivity contribution in [3.8, 4) is 11.1 Å². The highest BCUT2D eigenvalue weighted by Crippen LogP contribution is 2.25. The quantitative estimate of drug-likeness (QED) is 0.737. The average molecular weight is 335 g/mol. The molecule has 1 atom stereocenters. The Morgan fingerprint density at radius 1 is 1.00 bits per heavy atom. The normalized spacial score (nSPS) is 16.6. The van der Waals surface area contributed by atoms with Crippen LogP contribution in [0, 0.1) is 11.8 Å². The molecular formula is C23H29NO. The number of carbonyl (C=O) groups excluding carboxylic acids is 1. The largest absolute Gasteiger partial charge is 0.342 e. The molecule has 1 heterocycles. The molecule has 1 saturated heterocycles. The second-order valence-corrected chi connectivity index (χ2v) is 7.35. The summed E-state index contributed by atoms with van der Waals surface area (Å²) in [4.78, 5) is 14.4. The first-order chi connectivity index (χ1) is 12.2. The van der Waals surface area contributed by atoms with Gasteiger partial charge in [0, 0.05) is 19.0 Å². The lowest BCUT2D eigenvalue weighted by Gasteiger charge is -2.33. The lowest BCUT2D eigenvalue weighted by molar-refractivity contribution is -0.136. The minimum atomic E-state index is 0.169. The SMILES string of the molecule is CCC(C)C(=O)N1CCC(Cc2ccc(-c3ccccc3)cc2)CC1. The van der Waals surface area contributed by atoms with Crippen molar-refractivity contribution in [3.63, 3.8) is 0 Å². The molecule has 2 heteroatoms. The summed E-state index contributed by atoms with van der Waals surface area (Å²) in [6.07, 6.45) is 4.32. The topological polar surface area (TPSA) is 20.3 Å². The number of amides is 1. The van der Waals surface area contributed by atoms with E-state index in [1.165, 1.54) is 16.7 Å². The zero-order valence-electron chi connectivity index (χ0n) is 15.4. The summed E-state index contributed by atoms with van der Waals surface area (Å²) >= 11 is 0. The maximum absolute atomic E-state index is 12.3. The van der Waals surface area contributed by atoms with E-state index in [4.69, 9.17) is 0 Å². The molecule has 132 valence electrons. The van der Waals surface area contributed by atoms with Crippen LogP contribution >= 0.6 is 0 Å². The van der Waals surface area contributed by atoms with Gasteiger partial charge >= 0.3 is 0 Å². The van der Waals surface area contributed by atoms with E-state index in [1.807, 2.05) is 6.92 Å². The van der Waals surface area contributed by atoms with Gasteiger partial charge in [-0.25, -0.2) is 0 Å². The van der Waals surface area contributed by atoms with Gasteiger partial charge in [0.05, 0.1) is 0 Å². The number of rotatable bonds is 5. The van der Waals surface area contributed by atoms with Crippen molar-refractivity contribution in [2.24, 2.45) is 11.8 Å². The Hall–Kier alpha value is -2.09. The monoisotopic (exact) mass is 335 g/mol. The van der Waals surface area contributed by atoms with E-state index in [1.54, 1.807) is 0 Å². The number of hydrogen-bond acceptors (Lipinski definition) is 1. The van der Waals surface area contributed by atoms with Crippen LogP contribution in [-0.4, -0.2) is 23.9 Å². The van der Waals surface area contributed by atoms with Crippen LogP contribution in [0.3, 0.4) is 0 Å². The molecule has 1 unspecified atom stereocenters. The van der Waals surface area contributed by atoms with Crippen LogP contribution < -0.4 is 0 Å². The fourth-order valence-corrected chi connectivity index (χ4v) is 3.64. The third-order valence-electron chi connectivity index (χ3n) is 5.55. The smallest absolute Gasteiger partial charge is 0.225 e. The molecule has 25 heavy (non-hydrogen) atoms. The number of benzene rings is 2. The third kappa shape index (κ3) is 4.50. The Kier molecular flexibility index (Phi) is 5.91. The van der Waals surface area contributed by atoms with E-state index in [0.29, 0.717) is 11.8 Å². The molecule has 0 saturated carbocycles. The average Bonchev–Trinajstić information content (AvgIpc) is 2.68. The van der Waals surface area contributed by atoms with Crippen molar-refractivity contribution >= 4 is 5.91 Å². The van der Waals surface area contributed by atoms with Gasteiger partial charge in [0.15, 0.2) is 0 Å². The standard InChI is InChI=1S/C23H29NO/c1-3-18(2)23(25)24-15-13-20(14-16-24)17-19-9-11-22(12-10-19)21-7-5-4-6-8-21/h4-12,18,20H,3,13-17H2,1-2H3. The predicted octanol–water partition coefficient (Wildman–Crippen LogP) is 5.18. The van der Waals surface area contributed by atoms with E-state index in [2.05, 4.69) is 66.4 Å². The van der Waals surface area contributed by atoms with Crippen LogP contribution in [0.5, 0.6) is 0 Å². The Bertz CT molecular complexity index is 669. The highest BCUT2D eigenvalue weighted by molar-refractivity contribution is 5.78. The van der Waals surface area contributed by atoms with Crippen LogP contribution in [0.2, 0.25) is 0 Å². The van der Waals surface area contributed by atoms with E-state index >= 15 is 0 Å². The first kappa shape index (κ1) is 17.7. The molecule has 0 spiro atoms. The van der Waals surface area contributed by atoms with Crippen molar-refractivity contribution in [1.29, 1.82) is 0 Å². The van der Waals surface area contributed by atoms with Gasteiger partial charge in [0.25, 0.3) is 0 Å². The van der Waals surface area contributed by atoms with E-state index in [9.17, 15) is 4.79 Å². The fraction of sp³-hybridized carbons (Fsp3) is 0.435. The van der Waals surface area contributed by atoms with E-state index < -0.39 is 0 Å². The molecule has 1 amide bonds. The van der Waals surface area contributed by atoms with Gasteiger partial charge in [0.1, 0.15) is 0 Å². The van der Waals surface area contributed by atoms with Gasteiger partial charge in [-0.3, -0.25) is 4.79 Å². The van der Waals surface area contributed by atoms with Gasteiger partial charge in [-0.05, 0) is 48.3 Å². The first-order valence-corrected chi connectivity index (χ1v) is 9.60. The van der Waals surface area contributed by atoms with Crippen molar-refractivity contribution in [1.82, 2.24) is 4.90 Å². The van der Waals surface area contributed by atoms with E-state index in [-0.39, 0.29) is 5.92 Å². The Morgan fingerprint density at radius 3 is 2.20 bits per heavy atom. The maximum atomic E-state index is 12.3. The molecule has 1 aliphatic rings. The second-order valence-electron chi connectivity index (χ2n) is 7.35. The second kappa shape index (κ2) is 8.33. The Labute approximate surface area is 151 Å². The number of hydrogen-bond donors (Lipinski definition) is 0. The van der Waals surface area contributed by atoms with Gasteiger partial charge < -0.3 is 4.90 Å². The van der Waals surface area contributed by atoms with E-state index in [0.717, 1.165) is 38.8 Å². The minimum absolute atomic E-state index is 0.169. The summed E-state index contributed by atoms with van der Waals surface area (Å²) in [6, 6.07) is 19.5. The molecule has 2 aromatic rings. The fourth-order valence-electron chi connectivity index (χ4n) is 3.64. The van der Waals surface area contributed by atoms with Gasteiger partial charge in [-0.1, -0.05) is 68.4 Å². The summed E-state index contributed by atoms with van der Waals surface area (Å²) in [7, 11) is 0. The number of piperidine rings is 1. The molecule has 0 radical (unpaired) electrons. The lowest BCUT2D eigenvalue weighted by Crippen LogP contribution is -2.41. The summed E-state index contributed by atoms with van der Waals surface area (Å²) < 4.78 is 0. The molecule has 0 N–H and O–H groups in total. The van der Waals surface area contributed by atoms with Crippen LogP contribution in [-0.2, 0) is 11.2 Å². The molecule has 0 bridgehead atoms. The van der Waals surface area contributed by atoms with Crippen molar-refractivity contribution in [2.75, 3.05) is 13.1 Å². The van der Waals surface area contributed by atoms with Gasteiger partial charge in [-0.15, -0.1) is 0 Å². The highest BCUT2D eigenvalue weighted by Gasteiger charge is 2.25. The zero-order valence-corrected chi connectivity index (χ0v) is 15.4. The minimum Gasteiger partial charge on any atom is -0.342 e.